The molecule has 0 aromatic heterocycles. The topological polar surface area (TPSA) is 87.7 Å². The molecule has 2 rings (SSSR count). The van der Waals surface area contributed by atoms with Crippen molar-refractivity contribution >= 4 is 23.6 Å². The van der Waals surface area contributed by atoms with Gasteiger partial charge in [0.1, 0.15) is 17.7 Å². The minimum atomic E-state index is -0.911. The van der Waals surface area contributed by atoms with E-state index in [1.807, 2.05) is 91.8 Å². The summed E-state index contributed by atoms with van der Waals surface area (Å²) < 4.78 is 5.47. The first-order valence-electron chi connectivity index (χ1n) is 13.8. The van der Waals surface area contributed by atoms with E-state index in [9.17, 15) is 14.4 Å². The Labute approximate surface area is 234 Å². The lowest BCUT2D eigenvalue weighted by Gasteiger charge is -2.38. The second-order valence-electron chi connectivity index (χ2n) is 12.1. The Morgan fingerprint density at radius 3 is 1.92 bits per heavy atom. The fourth-order valence-electron chi connectivity index (χ4n) is 4.69. The first-order chi connectivity index (χ1) is 18.0. The average Bonchev–Trinajstić information content (AvgIpc) is 2.79. The Bertz CT molecular complexity index is 1160. The van der Waals surface area contributed by atoms with E-state index < -0.39 is 23.8 Å². The maximum absolute atomic E-state index is 14.3. The molecular weight excluding hydrogens is 490 g/mol. The summed E-state index contributed by atoms with van der Waals surface area (Å²) in [5, 5.41) is 5.92. The van der Waals surface area contributed by atoms with Gasteiger partial charge in [-0.3, -0.25) is 9.59 Å². The van der Waals surface area contributed by atoms with Gasteiger partial charge in [-0.15, -0.1) is 0 Å². The summed E-state index contributed by atoms with van der Waals surface area (Å²) in [6.45, 7) is 21.0. The van der Waals surface area contributed by atoms with Crippen molar-refractivity contribution < 1.29 is 19.1 Å². The number of alkyl carbamates (subject to hydrolysis) is 1. The zero-order valence-corrected chi connectivity index (χ0v) is 25.6. The molecule has 0 saturated heterocycles. The molecule has 0 bridgehead atoms. The van der Waals surface area contributed by atoms with Gasteiger partial charge in [0.05, 0.1) is 0 Å². The Hall–Kier alpha value is -3.35. The lowest BCUT2D eigenvalue weighted by atomic mass is 9.93. The standard InChI is InChI=1S/C32H47N3O4/c1-19(2)18-26(33-31(38)39-32(9,10)11)30(37)35(20(3)4)28(25-17-13-14-21(5)24(25)8)29(36)34-27-22(6)15-12-16-23(27)7/h12-17,19-20,26,28H,18H2,1-11H3,(H,33,38)(H,34,36). The summed E-state index contributed by atoms with van der Waals surface area (Å²) in [5.41, 5.74) is 4.63. The third-order valence-electron chi connectivity index (χ3n) is 6.70. The number of ether oxygens (including phenoxy) is 1. The molecule has 0 fully saturated rings. The summed E-state index contributed by atoms with van der Waals surface area (Å²) in [7, 11) is 0. The number of para-hydroxylation sites is 1. The molecule has 0 aliphatic heterocycles. The van der Waals surface area contributed by atoms with Crippen LogP contribution in [0.4, 0.5) is 10.5 Å². The highest BCUT2D eigenvalue weighted by molar-refractivity contribution is 6.00. The fraction of sp³-hybridized carbons (Fsp3) is 0.531. The maximum atomic E-state index is 14.3. The molecule has 0 aliphatic carbocycles. The van der Waals surface area contributed by atoms with Crippen LogP contribution in [0.3, 0.4) is 0 Å². The van der Waals surface area contributed by atoms with Gasteiger partial charge >= 0.3 is 6.09 Å². The highest BCUT2D eigenvalue weighted by Crippen LogP contribution is 2.31. The number of aryl methyl sites for hydroxylation is 3. The predicted octanol–water partition coefficient (Wildman–Crippen LogP) is 6.78. The molecule has 0 saturated carbocycles. The minimum absolute atomic E-state index is 0.116. The molecule has 7 nitrogen and oxygen atoms in total. The van der Waals surface area contributed by atoms with E-state index >= 15 is 0 Å². The summed E-state index contributed by atoms with van der Waals surface area (Å²) in [6, 6.07) is 9.55. The zero-order valence-electron chi connectivity index (χ0n) is 25.6. The van der Waals surface area contributed by atoms with Gasteiger partial charge in [0.25, 0.3) is 5.91 Å². The summed E-state index contributed by atoms with van der Waals surface area (Å²) in [5.74, 6) is -0.513. The number of hydrogen-bond donors (Lipinski definition) is 2. The molecule has 2 aromatic carbocycles. The molecule has 0 radical (unpaired) electrons. The molecular formula is C32H47N3O4. The van der Waals surface area contributed by atoms with Gasteiger partial charge in [0.2, 0.25) is 5.91 Å². The minimum Gasteiger partial charge on any atom is -0.444 e. The second kappa shape index (κ2) is 13.1. The third kappa shape index (κ3) is 8.57. The fourth-order valence-corrected chi connectivity index (χ4v) is 4.69. The molecule has 0 aliphatic rings. The van der Waals surface area contributed by atoms with Crippen molar-refractivity contribution in [2.45, 2.75) is 106 Å². The van der Waals surface area contributed by atoms with Crippen LogP contribution in [0.1, 0.15) is 88.7 Å². The van der Waals surface area contributed by atoms with Crippen LogP contribution in [0, 0.1) is 33.6 Å². The molecule has 7 heteroatoms. The van der Waals surface area contributed by atoms with E-state index in [1.54, 1.807) is 25.7 Å². The van der Waals surface area contributed by atoms with Crippen LogP contribution in [-0.2, 0) is 14.3 Å². The lowest BCUT2D eigenvalue weighted by molar-refractivity contribution is -0.143. The lowest BCUT2D eigenvalue weighted by Crippen LogP contribution is -2.55. The number of amides is 3. The summed E-state index contributed by atoms with van der Waals surface area (Å²) >= 11 is 0. The van der Waals surface area contributed by atoms with Crippen LogP contribution in [-0.4, -0.2) is 40.5 Å². The number of hydrogen-bond acceptors (Lipinski definition) is 4. The monoisotopic (exact) mass is 537 g/mol. The summed E-state index contributed by atoms with van der Waals surface area (Å²) in [6.07, 6.45) is -0.257. The molecule has 0 spiro atoms. The van der Waals surface area contributed by atoms with Gasteiger partial charge in [0, 0.05) is 11.7 Å². The smallest absolute Gasteiger partial charge is 0.408 e. The third-order valence-corrected chi connectivity index (χ3v) is 6.70. The van der Waals surface area contributed by atoms with Crippen molar-refractivity contribution in [1.29, 1.82) is 0 Å². The highest BCUT2D eigenvalue weighted by atomic mass is 16.6. The summed E-state index contributed by atoms with van der Waals surface area (Å²) in [4.78, 5) is 42.8. The molecule has 2 N–H and O–H groups in total. The molecule has 39 heavy (non-hydrogen) atoms. The SMILES string of the molecule is Cc1cccc(C(C(=O)Nc2c(C)cccc2C)N(C(=O)C(CC(C)C)NC(=O)OC(C)(C)C)C(C)C)c1C. The van der Waals surface area contributed by atoms with Crippen molar-refractivity contribution in [2.75, 3.05) is 5.32 Å². The van der Waals surface area contributed by atoms with Gasteiger partial charge in [-0.1, -0.05) is 50.2 Å². The number of benzene rings is 2. The van der Waals surface area contributed by atoms with Crippen molar-refractivity contribution in [3.8, 4) is 0 Å². The Morgan fingerprint density at radius 2 is 1.41 bits per heavy atom. The van der Waals surface area contributed by atoms with Gasteiger partial charge < -0.3 is 20.3 Å². The van der Waals surface area contributed by atoms with Crippen molar-refractivity contribution in [3.05, 3.63) is 64.2 Å². The molecule has 2 unspecified atom stereocenters. The van der Waals surface area contributed by atoms with Crippen LogP contribution in [0.25, 0.3) is 0 Å². The van der Waals surface area contributed by atoms with Crippen LogP contribution in [0.15, 0.2) is 36.4 Å². The molecule has 2 atom stereocenters. The molecule has 214 valence electrons. The van der Waals surface area contributed by atoms with Gasteiger partial charge in [-0.2, -0.15) is 0 Å². The normalized spacial score (nSPS) is 13.2. The number of rotatable bonds is 9. The second-order valence-corrected chi connectivity index (χ2v) is 12.1. The van der Waals surface area contributed by atoms with E-state index in [2.05, 4.69) is 10.6 Å². The number of carbonyl (C=O) groups is 3. The van der Waals surface area contributed by atoms with Crippen LogP contribution < -0.4 is 10.6 Å². The zero-order chi connectivity index (χ0) is 29.7. The van der Waals surface area contributed by atoms with Gasteiger partial charge in [0.15, 0.2) is 0 Å². The highest BCUT2D eigenvalue weighted by Gasteiger charge is 2.39. The maximum Gasteiger partial charge on any atom is 0.408 e. The average molecular weight is 538 g/mol. The molecule has 2 aromatic rings. The van der Waals surface area contributed by atoms with E-state index in [-0.39, 0.29) is 23.8 Å². The first-order valence-corrected chi connectivity index (χ1v) is 13.8. The van der Waals surface area contributed by atoms with E-state index in [4.69, 9.17) is 4.74 Å². The van der Waals surface area contributed by atoms with E-state index in [1.165, 1.54) is 0 Å². The van der Waals surface area contributed by atoms with Crippen molar-refractivity contribution in [2.24, 2.45) is 5.92 Å². The van der Waals surface area contributed by atoms with Gasteiger partial charge in [-0.25, -0.2) is 4.79 Å². The Balaban J connectivity index is 2.62. The number of carbonyl (C=O) groups excluding carboxylic acids is 3. The van der Waals surface area contributed by atoms with Crippen molar-refractivity contribution in [3.63, 3.8) is 0 Å². The molecule has 3 amide bonds. The number of nitrogens with zero attached hydrogens (tertiary/aromatic N) is 1. The molecule has 0 heterocycles. The largest absolute Gasteiger partial charge is 0.444 e. The van der Waals surface area contributed by atoms with Gasteiger partial charge in [-0.05, 0) is 102 Å². The number of anilines is 1. The van der Waals surface area contributed by atoms with Crippen LogP contribution in [0.2, 0.25) is 0 Å². The Morgan fingerprint density at radius 1 is 0.872 bits per heavy atom. The van der Waals surface area contributed by atoms with Crippen molar-refractivity contribution in [1.82, 2.24) is 10.2 Å². The van der Waals surface area contributed by atoms with Crippen LogP contribution in [0.5, 0.6) is 0 Å². The number of nitrogens with one attached hydrogen (secondary N) is 2. The predicted molar refractivity (Wildman–Crippen MR) is 158 cm³/mol. The first kappa shape index (κ1) is 31.9. The van der Waals surface area contributed by atoms with Crippen LogP contribution >= 0.6 is 0 Å². The van der Waals surface area contributed by atoms with E-state index in [0.29, 0.717) is 6.42 Å². The quantitative estimate of drug-likeness (QED) is 0.369. The Kier molecular flexibility index (Phi) is 10.7. The van der Waals surface area contributed by atoms with E-state index in [0.717, 1.165) is 33.5 Å².